The molecule has 0 fully saturated rings. The van der Waals surface area contributed by atoms with Crippen LogP contribution >= 0.6 is 11.6 Å². The normalized spacial score (nSPS) is 10.5. The van der Waals surface area contributed by atoms with Crippen molar-refractivity contribution in [3.05, 3.63) is 39.9 Å². The highest BCUT2D eigenvalue weighted by Crippen LogP contribution is 2.35. The van der Waals surface area contributed by atoms with E-state index < -0.39 is 45.8 Å². The third-order valence-electron chi connectivity index (χ3n) is 1.60. The molecule has 0 unspecified atom stereocenters. The van der Waals surface area contributed by atoms with Gasteiger partial charge in [0.2, 0.25) is 0 Å². The van der Waals surface area contributed by atoms with Crippen LogP contribution in [-0.4, -0.2) is 0 Å². The van der Waals surface area contributed by atoms with E-state index in [1.807, 2.05) is 0 Å². The minimum atomic E-state index is -3.04. The van der Waals surface area contributed by atoms with Crippen LogP contribution in [0.2, 0.25) is 5.02 Å². The topological polar surface area (TPSA) is 0 Å². The van der Waals surface area contributed by atoms with E-state index in [1.165, 1.54) is 0 Å². The molecule has 0 aromatic heterocycles. The second kappa shape index (κ2) is 4.32. The van der Waals surface area contributed by atoms with Gasteiger partial charge < -0.3 is 0 Å². The molecule has 16 heavy (non-hydrogen) atoms. The second-order valence-electron chi connectivity index (χ2n) is 2.52. The fourth-order valence-corrected chi connectivity index (χ4v) is 1.14. The first kappa shape index (κ1) is 12.8. The summed E-state index contributed by atoms with van der Waals surface area (Å²) in [5, 5.41) is -1.60. The maximum Gasteiger partial charge on any atom is 0.306 e. The Kier molecular flexibility index (Phi) is 3.47. The molecule has 0 nitrogen and oxygen atoms in total. The van der Waals surface area contributed by atoms with Gasteiger partial charge in [0.05, 0.1) is 10.6 Å². The summed E-state index contributed by atoms with van der Waals surface area (Å²) in [6.07, 6.45) is -3.04. The van der Waals surface area contributed by atoms with Gasteiger partial charge in [0, 0.05) is 0 Å². The van der Waals surface area contributed by atoms with Gasteiger partial charge in [-0.05, 0) is 0 Å². The van der Waals surface area contributed by atoms with Gasteiger partial charge in [0.15, 0.2) is 29.1 Å². The molecule has 1 aromatic carbocycles. The molecular formula is C8ClF7. The molecule has 1 aromatic rings. The average Bonchev–Trinajstić information content (AvgIpc) is 2.23. The fraction of sp³-hybridized carbons (Fsp3) is 0. The molecule has 0 amide bonds. The van der Waals surface area contributed by atoms with Crippen molar-refractivity contribution in [3.63, 3.8) is 0 Å². The summed E-state index contributed by atoms with van der Waals surface area (Å²) in [4.78, 5) is 0. The zero-order valence-electron chi connectivity index (χ0n) is 7.02. The molecule has 0 heterocycles. The van der Waals surface area contributed by atoms with Gasteiger partial charge in [0.25, 0.3) is 0 Å². The molecule has 0 saturated heterocycles. The first-order valence-corrected chi connectivity index (χ1v) is 3.89. The lowest BCUT2D eigenvalue weighted by Crippen LogP contribution is -2.02. The Morgan fingerprint density at radius 3 is 1.62 bits per heavy atom. The Labute approximate surface area is 88.9 Å². The van der Waals surface area contributed by atoms with Crippen molar-refractivity contribution in [2.45, 2.75) is 0 Å². The molecule has 0 aliphatic heterocycles. The van der Waals surface area contributed by atoms with Crippen LogP contribution in [0.1, 0.15) is 5.56 Å². The van der Waals surface area contributed by atoms with Gasteiger partial charge in [-0.2, -0.15) is 8.78 Å². The second-order valence-corrected chi connectivity index (χ2v) is 2.90. The van der Waals surface area contributed by atoms with Gasteiger partial charge >= 0.3 is 6.08 Å². The predicted molar refractivity (Wildman–Crippen MR) is 41.5 cm³/mol. The van der Waals surface area contributed by atoms with Gasteiger partial charge in [0.1, 0.15) is 0 Å². The van der Waals surface area contributed by atoms with Gasteiger partial charge in [-0.25, -0.2) is 22.0 Å². The Bertz CT molecular complexity index is 447. The largest absolute Gasteiger partial charge is 0.306 e. The lowest BCUT2D eigenvalue weighted by molar-refractivity contribution is 0.396. The summed E-state index contributed by atoms with van der Waals surface area (Å²) in [5.74, 6) is -11.8. The molecule has 88 valence electrons. The van der Waals surface area contributed by atoms with Crippen molar-refractivity contribution in [2.24, 2.45) is 0 Å². The molecule has 1 rings (SSSR count). The number of hydrogen-bond donors (Lipinski definition) is 0. The molecule has 0 aliphatic rings. The minimum Gasteiger partial charge on any atom is -0.203 e. The Hall–Kier alpha value is -1.24. The van der Waals surface area contributed by atoms with Gasteiger partial charge in [-0.1, -0.05) is 11.6 Å². The van der Waals surface area contributed by atoms with Crippen LogP contribution in [0.25, 0.3) is 5.83 Å². The third-order valence-corrected chi connectivity index (χ3v) is 1.95. The fourth-order valence-electron chi connectivity index (χ4n) is 0.892. The minimum absolute atomic E-state index is 1.60. The van der Waals surface area contributed by atoms with Gasteiger partial charge in [-0.15, -0.1) is 0 Å². The number of benzene rings is 1. The van der Waals surface area contributed by atoms with Crippen LogP contribution in [0, 0.1) is 23.3 Å². The van der Waals surface area contributed by atoms with Crippen molar-refractivity contribution in [1.29, 1.82) is 0 Å². The quantitative estimate of drug-likeness (QED) is 0.400. The Morgan fingerprint density at radius 2 is 1.19 bits per heavy atom. The zero-order valence-corrected chi connectivity index (χ0v) is 7.78. The molecule has 0 aliphatic carbocycles. The number of halogens is 8. The molecule has 0 radical (unpaired) electrons. The summed E-state index contributed by atoms with van der Waals surface area (Å²) < 4.78 is 86.8. The molecule has 0 saturated carbocycles. The highest BCUT2D eigenvalue weighted by atomic mass is 35.5. The Morgan fingerprint density at radius 1 is 0.750 bits per heavy atom. The average molecular weight is 265 g/mol. The van der Waals surface area contributed by atoms with E-state index in [-0.39, 0.29) is 0 Å². The smallest absolute Gasteiger partial charge is 0.203 e. The van der Waals surface area contributed by atoms with E-state index >= 15 is 0 Å². The highest BCUT2D eigenvalue weighted by molar-refractivity contribution is 6.32. The predicted octanol–water partition coefficient (Wildman–Crippen LogP) is 4.43. The highest BCUT2D eigenvalue weighted by Gasteiger charge is 2.28. The zero-order chi connectivity index (χ0) is 12.6. The first-order chi connectivity index (χ1) is 7.29. The first-order valence-electron chi connectivity index (χ1n) is 3.51. The third kappa shape index (κ3) is 1.87. The van der Waals surface area contributed by atoms with E-state index in [2.05, 4.69) is 0 Å². The van der Waals surface area contributed by atoms with E-state index in [9.17, 15) is 30.7 Å². The molecule has 0 N–H and O–H groups in total. The number of rotatable bonds is 1. The molecular weight excluding hydrogens is 265 g/mol. The summed E-state index contributed by atoms with van der Waals surface area (Å²) in [6.45, 7) is 0. The van der Waals surface area contributed by atoms with E-state index in [1.54, 1.807) is 0 Å². The molecule has 0 bridgehead atoms. The van der Waals surface area contributed by atoms with Crippen LogP contribution in [0.4, 0.5) is 30.7 Å². The lowest BCUT2D eigenvalue weighted by Gasteiger charge is -2.06. The summed E-state index contributed by atoms with van der Waals surface area (Å²) in [7, 11) is 0. The molecule has 0 spiro atoms. The van der Waals surface area contributed by atoms with Crippen molar-refractivity contribution >= 4 is 17.4 Å². The van der Waals surface area contributed by atoms with E-state index in [0.29, 0.717) is 0 Å². The Balaban J connectivity index is 3.72. The van der Waals surface area contributed by atoms with E-state index in [0.717, 1.165) is 0 Å². The van der Waals surface area contributed by atoms with Gasteiger partial charge in [-0.3, -0.25) is 0 Å². The summed E-state index contributed by atoms with van der Waals surface area (Å²) >= 11 is 4.89. The van der Waals surface area contributed by atoms with E-state index in [4.69, 9.17) is 11.6 Å². The van der Waals surface area contributed by atoms with Crippen LogP contribution < -0.4 is 0 Å². The number of hydrogen-bond acceptors (Lipinski definition) is 0. The SMILES string of the molecule is FC(F)=C(F)c1c(F)c(F)c(F)c(F)c1Cl. The summed E-state index contributed by atoms with van der Waals surface area (Å²) in [5.41, 5.74) is -1.85. The molecule has 8 heteroatoms. The van der Waals surface area contributed by atoms with Crippen molar-refractivity contribution in [2.75, 3.05) is 0 Å². The van der Waals surface area contributed by atoms with Crippen molar-refractivity contribution in [1.82, 2.24) is 0 Å². The monoisotopic (exact) mass is 264 g/mol. The van der Waals surface area contributed by atoms with Crippen molar-refractivity contribution in [3.8, 4) is 0 Å². The standard InChI is InChI=1S/C8ClF7/c9-2-1(4(11)8(15)16)3(10)6(13)7(14)5(2)12. The molecule has 0 atom stereocenters. The van der Waals surface area contributed by atoms with Crippen LogP contribution in [-0.2, 0) is 0 Å². The maximum atomic E-state index is 12.8. The maximum absolute atomic E-state index is 12.8. The summed E-state index contributed by atoms with van der Waals surface area (Å²) in [6, 6.07) is 0. The van der Waals surface area contributed by atoms with Crippen molar-refractivity contribution < 1.29 is 30.7 Å². The van der Waals surface area contributed by atoms with Crippen LogP contribution in [0.3, 0.4) is 0 Å². The van der Waals surface area contributed by atoms with Crippen LogP contribution in [0.15, 0.2) is 6.08 Å². The lowest BCUT2D eigenvalue weighted by atomic mass is 10.1. The van der Waals surface area contributed by atoms with Crippen LogP contribution in [0.5, 0.6) is 0 Å².